The van der Waals surface area contributed by atoms with Gasteiger partial charge >= 0.3 is 7.82 Å². The van der Waals surface area contributed by atoms with Crippen LogP contribution in [-0.2, 0) is 23.4 Å². The Kier molecular flexibility index (Phi) is 8.44. The maximum absolute atomic E-state index is 15.3. The van der Waals surface area contributed by atoms with Crippen LogP contribution >= 0.6 is 19.4 Å². The highest BCUT2D eigenvalue weighted by atomic mass is 35.5. The van der Waals surface area contributed by atoms with E-state index in [4.69, 9.17) is 29.9 Å². The standard InChI is InChI=1S/C25H24ClF3NO8P/c1-14-3-7-16(8-4-14)37-39(34,38-17-9-5-15(2)6-10-17)35-13-25(24(28)29)22(27)21(33)23(36-25)30-12-18(26)19(31)11-20(30)32/h3-10,12,21-24,33H,11,13H2,1-2H3/t21-,22-,23-,25-/m1/s1. The van der Waals surface area contributed by atoms with Crippen LogP contribution in [0.25, 0.3) is 0 Å². The molecule has 1 amide bonds. The van der Waals surface area contributed by atoms with E-state index in [2.05, 4.69) is 0 Å². The van der Waals surface area contributed by atoms with Crippen molar-refractivity contribution in [1.82, 2.24) is 4.90 Å². The molecule has 0 aromatic heterocycles. The Labute approximate surface area is 226 Å². The summed E-state index contributed by atoms with van der Waals surface area (Å²) in [7, 11) is -4.78. The van der Waals surface area contributed by atoms with Gasteiger partial charge in [0.1, 0.15) is 22.6 Å². The van der Waals surface area contributed by atoms with Gasteiger partial charge in [-0.15, -0.1) is 0 Å². The number of phosphoric acid groups is 1. The van der Waals surface area contributed by atoms with Gasteiger partial charge in [-0.3, -0.25) is 19.0 Å². The van der Waals surface area contributed by atoms with Crippen molar-refractivity contribution in [2.24, 2.45) is 0 Å². The van der Waals surface area contributed by atoms with Gasteiger partial charge in [-0.05, 0) is 38.1 Å². The minimum absolute atomic E-state index is 0.00699. The number of amides is 1. The molecule has 2 aromatic carbocycles. The van der Waals surface area contributed by atoms with E-state index in [-0.39, 0.29) is 11.5 Å². The van der Waals surface area contributed by atoms with E-state index in [0.717, 1.165) is 17.3 Å². The van der Waals surface area contributed by atoms with Gasteiger partial charge in [-0.25, -0.2) is 17.7 Å². The molecule has 2 aliphatic heterocycles. The summed E-state index contributed by atoms with van der Waals surface area (Å²) in [5.74, 6) is -1.68. The molecular weight excluding hydrogens is 566 g/mol. The predicted octanol–water partition coefficient (Wildman–Crippen LogP) is 4.83. The topological polar surface area (TPSA) is 112 Å². The summed E-state index contributed by atoms with van der Waals surface area (Å²) in [6.07, 6.45) is -10.7. The Morgan fingerprint density at radius 1 is 1.08 bits per heavy atom. The molecule has 9 nitrogen and oxygen atoms in total. The van der Waals surface area contributed by atoms with Crippen LogP contribution in [0.1, 0.15) is 17.5 Å². The number of alkyl halides is 3. The maximum atomic E-state index is 15.3. The number of benzene rings is 2. The molecule has 1 N–H and O–H groups in total. The number of ketones is 1. The van der Waals surface area contributed by atoms with Crippen molar-refractivity contribution in [2.45, 2.75) is 50.8 Å². The molecule has 4 atom stereocenters. The monoisotopic (exact) mass is 589 g/mol. The molecule has 4 rings (SSSR count). The molecule has 39 heavy (non-hydrogen) atoms. The van der Waals surface area contributed by atoms with Gasteiger partial charge in [-0.1, -0.05) is 47.0 Å². The second-order valence-corrected chi connectivity index (χ2v) is 11.0. The zero-order chi connectivity index (χ0) is 28.5. The van der Waals surface area contributed by atoms with Crippen LogP contribution in [0, 0.1) is 13.8 Å². The zero-order valence-electron chi connectivity index (χ0n) is 20.6. The van der Waals surface area contributed by atoms with Crippen LogP contribution in [0.2, 0.25) is 0 Å². The Bertz CT molecular complexity index is 1260. The first kappa shape index (κ1) is 29.1. The minimum atomic E-state index is -4.78. The minimum Gasteiger partial charge on any atom is -0.395 e. The third-order valence-corrected chi connectivity index (χ3v) is 7.71. The second kappa shape index (κ2) is 11.3. The SMILES string of the molecule is Cc1ccc(OP(=O)(OC[C@@]2(C(F)F)O[C@@H](N3C=C(Cl)C(=O)CC3=O)[C@H](O)[C@H]2F)Oc2ccc(C)cc2)cc1. The van der Waals surface area contributed by atoms with Crippen LogP contribution in [0.5, 0.6) is 11.5 Å². The van der Waals surface area contributed by atoms with Gasteiger partial charge in [0, 0.05) is 6.20 Å². The van der Waals surface area contributed by atoms with Gasteiger partial charge in [0.05, 0.1) is 13.0 Å². The first-order valence-corrected chi connectivity index (χ1v) is 13.4. The number of aliphatic hydroxyl groups excluding tert-OH is 1. The van der Waals surface area contributed by atoms with E-state index in [1.54, 1.807) is 38.1 Å². The number of phosphoric ester groups is 1. The lowest BCUT2D eigenvalue weighted by Gasteiger charge is -2.33. The Hall–Kier alpha value is -2.89. The zero-order valence-corrected chi connectivity index (χ0v) is 22.3. The lowest BCUT2D eigenvalue weighted by molar-refractivity contribution is -0.193. The molecule has 2 aliphatic rings. The van der Waals surface area contributed by atoms with Crippen molar-refractivity contribution in [3.8, 4) is 11.5 Å². The van der Waals surface area contributed by atoms with Crippen molar-refractivity contribution in [2.75, 3.05) is 6.61 Å². The number of ether oxygens (including phenoxy) is 1. The number of hydrogen-bond donors (Lipinski definition) is 1. The molecule has 14 heteroatoms. The summed E-state index contributed by atoms with van der Waals surface area (Å²) < 4.78 is 79.1. The Morgan fingerprint density at radius 2 is 1.59 bits per heavy atom. The summed E-state index contributed by atoms with van der Waals surface area (Å²) in [6, 6.07) is 12.3. The first-order valence-electron chi connectivity index (χ1n) is 11.6. The van der Waals surface area contributed by atoms with E-state index >= 15 is 4.39 Å². The molecule has 2 heterocycles. The molecule has 2 aromatic rings. The number of hydrogen-bond acceptors (Lipinski definition) is 8. The number of aryl methyl sites for hydroxylation is 2. The van der Waals surface area contributed by atoms with Crippen molar-refractivity contribution in [3.05, 3.63) is 70.9 Å². The highest BCUT2D eigenvalue weighted by Crippen LogP contribution is 2.52. The van der Waals surface area contributed by atoms with E-state index in [9.17, 15) is 28.0 Å². The average Bonchev–Trinajstić information content (AvgIpc) is 3.14. The number of nitrogens with zero attached hydrogens (tertiary/aromatic N) is 1. The van der Waals surface area contributed by atoms with Crippen LogP contribution in [0.15, 0.2) is 59.8 Å². The summed E-state index contributed by atoms with van der Waals surface area (Å²) >= 11 is 5.76. The van der Waals surface area contributed by atoms with Crippen LogP contribution in [0.4, 0.5) is 13.2 Å². The molecule has 210 valence electrons. The number of rotatable bonds is 9. The fourth-order valence-electron chi connectivity index (χ4n) is 3.87. The van der Waals surface area contributed by atoms with Crippen molar-refractivity contribution in [1.29, 1.82) is 0 Å². The van der Waals surface area contributed by atoms with Crippen molar-refractivity contribution in [3.63, 3.8) is 0 Å². The maximum Gasteiger partial charge on any atom is 0.587 e. The lowest BCUT2D eigenvalue weighted by Crippen LogP contribution is -2.50. The van der Waals surface area contributed by atoms with Crippen LogP contribution < -0.4 is 9.05 Å². The third-order valence-electron chi connectivity index (χ3n) is 6.09. The summed E-state index contributed by atoms with van der Waals surface area (Å²) in [5, 5.41) is 10.0. The number of aliphatic hydroxyl groups is 1. The third kappa shape index (κ3) is 6.15. The van der Waals surface area contributed by atoms with Gasteiger partial charge in [0.2, 0.25) is 5.91 Å². The molecule has 0 radical (unpaired) electrons. The molecular formula is C25H24ClF3NO8P. The molecule has 0 saturated carbocycles. The van der Waals surface area contributed by atoms with Gasteiger partial charge in [0.25, 0.3) is 6.43 Å². The number of allylic oxidation sites excluding steroid dienone is 1. The highest BCUT2D eigenvalue weighted by Gasteiger charge is 2.64. The predicted molar refractivity (Wildman–Crippen MR) is 132 cm³/mol. The van der Waals surface area contributed by atoms with Gasteiger partial charge in [-0.2, -0.15) is 0 Å². The van der Waals surface area contributed by atoms with E-state index in [1.807, 2.05) is 0 Å². The van der Waals surface area contributed by atoms with Crippen molar-refractivity contribution < 1.29 is 50.7 Å². The smallest absolute Gasteiger partial charge is 0.395 e. The highest BCUT2D eigenvalue weighted by molar-refractivity contribution is 7.49. The van der Waals surface area contributed by atoms with Crippen LogP contribution in [0.3, 0.4) is 0 Å². The number of halogens is 4. The summed E-state index contributed by atoms with van der Waals surface area (Å²) in [4.78, 5) is 24.6. The van der Waals surface area contributed by atoms with Crippen molar-refractivity contribution >= 4 is 31.1 Å². The number of carbonyl (C=O) groups is 2. The lowest BCUT2D eigenvalue weighted by atomic mass is 9.98. The van der Waals surface area contributed by atoms with E-state index in [1.165, 1.54) is 24.3 Å². The van der Waals surface area contributed by atoms with E-state index in [0.29, 0.717) is 4.90 Å². The summed E-state index contributed by atoms with van der Waals surface area (Å²) in [6.45, 7) is 2.18. The molecule has 0 spiro atoms. The van der Waals surface area contributed by atoms with Gasteiger partial charge < -0.3 is 18.9 Å². The fourth-order valence-corrected chi connectivity index (χ4v) is 5.30. The molecule has 1 saturated heterocycles. The van der Waals surface area contributed by atoms with Crippen LogP contribution in [-0.4, -0.2) is 58.8 Å². The molecule has 0 unspecified atom stereocenters. The van der Waals surface area contributed by atoms with Gasteiger partial charge in [0.15, 0.2) is 23.8 Å². The molecule has 0 aliphatic carbocycles. The number of Topliss-reactive ketones (excluding diaryl/α,β-unsaturated/α-hetero) is 1. The Morgan fingerprint density at radius 3 is 2.08 bits per heavy atom. The first-order chi connectivity index (χ1) is 18.3. The molecule has 0 bridgehead atoms. The Balaban J connectivity index is 1.62. The quantitative estimate of drug-likeness (QED) is 0.327. The second-order valence-electron chi connectivity index (χ2n) is 9.06. The largest absolute Gasteiger partial charge is 0.587 e. The summed E-state index contributed by atoms with van der Waals surface area (Å²) in [5.41, 5.74) is -1.51. The van der Waals surface area contributed by atoms with E-state index < -0.39 is 68.1 Å². The molecule has 1 fully saturated rings. The fraction of sp³-hybridized carbons (Fsp3) is 0.360. The average molecular weight is 590 g/mol. The normalized spacial score (nSPS) is 25.7. The number of carbonyl (C=O) groups excluding carboxylic acids is 2.